The van der Waals surface area contributed by atoms with E-state index in [1.807, 2.05) is 0 Å². The zero-order valence-corrected chi connectivity index (χ0v) is 22.6. The van der Waals surface area contributed by atoms with E-state index in [1.165, 1.54) is 29.4 Å². The van der Waals surface area contributed by atoms with Crippen molar-refractivity contribution < 1.29 is 4.43 Å². The van der Waals surface area contributed by atoms with E-state index in [1.54, 1.807) is 0 Å². The molecule has 0 bridgehead atoms. The lowest BCUT2D eigenvalue weighted by Crippen LogP contribution is -2.41. The molecule has 0 saturated heterocycles. The van der Waals surface area contributed by atoms with Crippen LogP contribution in [0.25, 0.3) is 11.1 Å². The van der Waals surface area contributed by atoms with Gasteiger partial charge in [-0.05, 0) is 123 Å². The molecule has 0 saturated carbocycles. The van der Waals surface area contributed by atoms with Gasteiger partial charge in [-0.15, -0.1) is 0 Å². The van der Waals surface area contributed by atoms with Gasteiger partial charge in [-0.2, -0.15) is 0 Å². The van der Waals surface area contributed by atoms with Crippen molar-refractivity contribution in [1.29, 1.82) is 0 Å². The molecule has 2 aromatic carbocycles. The molecule has 2 aromatic rings. The Bertz CT molecular complexity index is 800. The minimum absolute atomic E-state index is 0.0732. The lowest BCUT2D eigenvalue weighted by atomic mass is 9.76. The fourth-order valence-corrected chi connectivity index (χ4v) is 5.87. The molecule has 0 fully saturated rings. The molecular formula is C23H30I2OSi. The summed E-state index contributed by atoms with van der Waals surface area (Å²) in [4.78, 5) is 0. The van der Waals surface area contributed by atoms with E-state index < -0.39 is 8.32 Å². The largest absolute Gasteiger partial charge is 0.417 e. The van der Waals surface area contributed by atoms with Crippen LogP contribution in [0.15, 0.2) is 36.4 Å². The molecule has 3 rings (SSSR count). The van der Waals surface area contributed by atoms with E-state index in [-0.39, 0.29) is 10.5 Å². The number of benzene rings is 2. The van der Waals surface area contributed by atoms with E-state index in [4.69, 9.17) is 4.43 Å². The second-order valence-electron chi connectivity index (χ2n) is 9.42. The first kappa shape index (κ1) is 21.8. The zero-order valence-electron chi connectivity index (χ0n) is 17.2. The molecule has 0 atom stereocenters. The van der Waals surface area contributed by atoms with Crippen molar-refractivity contribution in [2.45, 2.75) is 64.1 Å². The molecule has 0 heterocycles. The summed E-state index contributed by atoms with van der Waals surface area (Å²) in [7, 11) is -1.67. The van der Waals surface area contributed by atoms with Gasteiger partial charge >= 0.3 is 0 Å². The second-order valence-corrected chi connectivity index (χ2v) is 16.7. The molecule has 0 aromatic heterocycles. The number of halogens is 2. The van der Waals surface area contributed by atoms with Gasteiger partial charge < -0.3 is 4.43 Å². The fraction of sp³-hybridized carbons (Fsp3) is 0.478. The third kappa shape index (κ3) is 4.19. The van der Waals surface area contributed by atoms with Gasteiger partial charge in [-0.1, -0.05) is 39.8 Å². The van der Waals surface area contributed by atoms with Crippen LogP contribution in [0.2, 0.25) is 18.1 Å². The van der Waals surface area contributed by atoms with E-state index in [0.29, 0.717) is 0 Å². The average Bonchev–Trinajstić information content (AvgIpc) is 2.80. The Labute approximate surface area is 193 Å². The van der Waals surface area contributed by atoms with Crippen molar-refractivity contribution >= 4 is 53.5 Å². The van der Waals surface area contributed by atoms with Gasteiger partial charge in [0.2, 0.25) is 0 Å². The first-order valence-corrected chi connectivity index (χ1v) is 14.8. The molecule has 0 amide bonds. The van der Waals surface area contributed by atoms with Crippen LogP contribution in [0.1, 0.15) is 51.7 Å². The molecule has 27 heavy (non-hydrogen) atoms. The maximum absolute atomic E-state index is 6.46. The number of fused-ring (bicyclic) bond motifs is 3. The van der Waals surface area contributed by atoms with Crippen molar-refractivity contribution in [3.8, 4) is 11.1 Å². The van der Waals surface area contributed by atoms with Crippen molar-refractivity contribution in [2.75, 3.05) is 6.61 Å². The molecule has 146 valence electrons. The van der Waals surface area contributed by atoms with Crippen LogP contribution in [0.5, 0.6) is 0 Å². The predicted molar refractivity (Wildman–Crippen MR) is 136 cm³/mol. The maximum atomic E-state index is 6.46. The second kappa shape index (κ2) is 7.72. The minimum Gasteiger partial charge on any atom is -0.417 e. The van der Waals surface area contributed by atoms with Crippen LogP contribution < -0.4 is 0 Å². The Morgan fingerprint density at radius 1 is 0.926 bits per heavy atom. The van der Waals surface area contributed by atoms with E-state index in [9.17, 15) is 0 Å². The molecule has 1 nitrogen and oxygen atoms in total. The van der Waals surface area contributed by atoms with Crippen molar-refractivity contribution in [3.63, 3.8) is 0 Å². The number of rotatable bonds is 5. The summed E-state index contributed by atoms with van der Waals surface area (Å²) in [5.74, 6) is 0. The third-order valence-corrected chi connectivity index (χ3v) is 12.4. The predicted octanol–water partition coefficient (Wildman–Crippen LogP) is 7.98. The van der Waals surface area contributed by atoms with Crippen LogP contribution in [0.4, 0.5) is 0 Å². The molecule has 0 spiro atoms. The number of hydrogen-bond donors (Lipinski definition) is 0. The van der Waals surface area contributed by atoms with Gasteiger partial charge in [0, 0.05) is 19.2 Å². The number of hydrogen-bond acceptors (Lipinski definition) is 1. The van der Waals surface area contributed by atoms with Crippen LogP contribution >= 0.6 is 45.2 Å². The summed E-state index contributed by atoms with van der Waals surface area (Å²) in [6, 6.07) is 13.8. The Morgan fingerprint density at radius 2 is 1.41 bits per heavy atom. The van der Waals surface area contributed by atoms with E-state index in [2.05, 4.69) is 122 Å². The summed E-state index contributed by atoms with van der Waals surface area (Å²) in [5, 5.41) is 0.273. The Balaban J connectivity index is 1.84. The van der Waals surface area contributed by atoms with Crippen LogP contribution in [-0.2, 0) is 9.84 Å². The molecule has 1 aliphatic carbocycles. The van der Waals surface area contributed by atoms with Gasteiger partial charge in [-0.3, -0.25) is 0 Å². The van der Waals surface area contributed by atoms with Gasteiger partial charge in [0.1, 0.15) is 0 Å². The summed E-state index contributed by atoms with van der Waals surface area (Å²) in [5.41, 5.74) is 5.87. The Kier molecular flexibility index (Phi) is 6.23. The molecule has 0 unspecified atom stereocenters. The topological polar surface area (TPSA) is 9.23 Å². The van der Waals surface area contributed by atoms with Gasteiger partial charge in [0.25, 0.3) is 0 Å². The molecular weight excluding hydrogens is 574 g/mol. The third-order valence-electron chi connectivity index (χ3n) is 6.53. The van der Waals surface area contributed by atoms with Crippen LogP contribution in [0.3, 0.4) is 0 Å². The molecule has 0 N–H and O–H groups in total. The smallest absolute Gasteiger partial charge is 0.191 e. The molecule has 1 aliphatic rings. The zero-order chi connectivity index (χ0) is 20.0. The first-order valence-electron chi connectivity index (χ1n) is 9.70. The highest BCUT2D eigenvalue weighted by Gasteiger charge is 2.40. The summed E-state index contributed by atoms with van der Waals surface area (Å²) >= 11 is 4.88. The van der Waals surface area contributed by atoms with E-state index in [0.717, 1.165) is 19.4 Å². The molecule has 0 radical (unpaired) electrons. The van der Waals surface area contributed by atoms with Gasteiger partial charge in [-0.25, -0.2) is 0 Å². The Hall–Kier alpha value is 0.0769. The lowest BCUT2D eigenvalue weighted by Gasteiger charge is -2.36. The average molecular weight is 604 g/mol. The quantitative estimate of drug-likeness (QED) is 0.191. The molecule has 4 heteroatoms. The summed E-state index contributed by atoms with van der Waals surface area (Å²) in [6.07, 6.45) is 2.22. The monoisotopic (exact) mass is 604 g/mol. The standard InChI is InChI=1S/C23H30I2OSi/c1-22(2,3)27(5,6)26-13-7-12-23(4)20-14-16(24)8-10-18(20)19-11-9-17(25)15-21(19)23/h8-11,14-15H,7,12-13H2,1-6H3. The van der Waals surface area contributed by atoms with Crippen molar-refractivity contribution in [2.24, 2.45) is 0 Å². The highest BCUT2D eigenvalue weighted by Crippen LogP contribution is 2.51. The lowest BCUT2D eigenvalue weighted by molar-refractivity contribution is 0.269. The van der Waals surface area contributed by atoms with Crippen molar-refractivity contribution in [1.82, 2.24) is 0 Å². The van der Waals surface area contributed by atoms with Gasteiger partial charge in [0.05, 0.1) is 0 Å². The van der Waals surface area contributed by atoms with Crippen molar-refractivity contribution in [3.05, 3.63) is 54.7 Å². The fourth-order valence-electron chi connectivity index (χ4n) is 3.80. The first-order chi connectivity index (χ1) is 12.5. The highest BCUT2D eigenvalue weighted by atomic mass is 127. The minimum atomic E-state index is -1.67. The maximum Gasteiger partial charge on any atom is 0.191 e. The van der Waals surface area contributed by atoms with E-state index >= 15 is 0 Å². The van der Waals surface area contributed by atoms with Gasteiger partial charge in [0.15, 0.2) is 8.32 Å². The summed E-state index contributed by atoms with van der Waals surface area (Å²) in [6.45, 7) is 14.9. The molecule has 0 aliphatic heterocycles. The SMILES string of the molecule is CC1(CCCO[Si](C)(C)C(C)(C)C)c2cc(I)ccc2-c2ccc(I)cc21. The Morgan fingerprint density at radius 3 is 1.85 bits per heavy atom. The highest BCUT2D eigenvalue weighted by molar-refractivity contribution is 14.1. The normalized spacial score (nSPS) is 15.6. The van der Waals surface area contributed by atoms with Crippen LogP contribution in [-0.4, -0.2) is 14.9 Å². The summed E-state index contributed by atoms with van der Waals surface area (Å²) < 4.78 is 9.09. The van der Waals surface area contributed by atoms with Crippen LogP contribution in [0, 0.1) is 7.14 Å².